The zero-order valence-electron chi connectivity index (χ0n) is 6.88. The molecule has 64 valence electrons. The van der Waals surface area contributed by atoms with Crippen LogP contribution in [0.2, 0.25) is 0 Å². The molecule has 11 heavy (non-hydrogen) atoms. The Hall–Kier alpha value is 0.160. The molecule has 0 radical (unpaired) electrons. The highest BCUT2D eigenvalue weighted by Gasteiger charge is 2.27. The van der Waals surface area contributed by atoms with E-state index in [1.165, 1.54) is 0 Å². The molecule has 0 N–H and O–H groups in total. The zero-order chi connectivity index (χ0) is 8.43. The van der Waals surface area contributed by atoms with Gasteiger partial charge in [0, 0.05) is 50.0 Å². The van der Waals surface area contributed by atoms with Crippen LogP contribution < -0.4 is 0 Å². The van der Waals surface area contributed by atoms with Gasteiger partial charge in [-0.15, -0.1) is 0 Å². The Kier molecular flexibility index (Phi) is 3.12. The van der Waals surface area contributed by atoms with E-state index in [4.69, 9.17) is 0 Å². The van der Waals surface area contributed by atoms with Gasteiger partial charge in [-0.1, -0.05) is 0 Å². The quantitative estimate of drug-likeness (QED) is 0.517. The van der Waals surface area contributed by atoms with E-state index in [9.17, 15) is 4.79 Å². The van der Waals surface area contributed by atoms with E-state index in [1.807, 2.05) is 14.1 Å². The van der Waals surface area contributed by atoms with Gasteiger partial charge in [-0.3, -0.25) is 4.79 Å². The van der Waals surface area contributed by atoms with Crippen molar-refractivity contribution in [2.45, 2.75) is 6.42 Å². The van der Waals surface area contributed by atoms with Gasteiger partial charge in [-0.25, -0.2) is 3.11 Å². The lowest BCUT2D eigenvalue weighted by Crippen LogP contribution is -2.30. The molecule has 0 spiro atoms. The maximum atomic E-state index is 11.4. The number of carbonyl (C=O) groups is 1. The minimum absolute atomic E-state index is 0.238. The van der Waals surface area contributed by atoms with Crippen molar-refractivity contribution in [1.29, 1.82) is 0 Å². The molecule has 1 saturated heterocycles. The molecule has 3 nitrogen and oxygen atoms in total. The Balaban J connectivity index is 2.43. The third kappa shape index (κ3) is 2.30. The third-order valence-electron chi connectivity index (χ3n) is 1.93. The number of nitrogens with zero attached hydrogens (tertiary/aromatic N) is 2. The number of halogens is 1. The van der Waals surface area contributed by atoms with E-state index in [0.29, 0.717) is 0 Å². The minimum Gasteiger partial charge on any atom is -0.349 e. The van der Waals surface area contributed by atoms with E-state index >= 15 is 0 Å². The largest absolute Gasteiger partial charge is 0.349 e. The fraction of sp³-hybridized carbons (Fsp3) is 0.857. The van der Waals surface area contributed by atoms with E-state index < -0.39 is 0 Å². The van der Waals surface area contributed by atoms with Crippen molar-refractivity contribution in [3.8, 4) is 0 Å². The summed E-state index contributed by atoms with van der Waals surface area (Å²) >= 11 is 2.27. The van der Waals surface area contributed by atoms with Crippen molar-refractivity contribution in [1.82, 2.24) is 8.01 Å². The van der Waals surface area contributed by atoms with Crippen LogP contribution >= 0.6 is 22.9 Å². The predicted octanol–water partition coefficient (Wildman–Crippen LogP) is 0.746. The Morgan fingerprint density at radius 2 is 2.27 bits per heavy atom. The molecule has 1 aliphatic heterocycles. The van der Waals surface area contributed by atoms with Gasteiger partial charge in [0.15, 0.2) is 0 Å². The molecule has 0 aliphatic carbocycles. The lowest BCUT2D eigenvalue weighted by molar-refractivity contribution is -0.132. The van der Waals surface area contributed by atoms with Gasteiger partial charge in [0.25, 0.3) is 0 Å². The summed E-state index contributed by atoms with van der Waals surface area (Å²) in [6.07, 6.45) is 1.01. The molecular weight excluding hydrogens is 255 g/mol. The highest BCUT2D eigenvalue weighted by atomic mass is 127. The van der Waals surface area contributed by atoms with Crippen LogP contribution in [-0.4, -0.2) is 41.1 Å². The Bertz CT molecular complexity index is 161. The average Bonchev–Trinajstić information content (AvgIpc) is 2.34. The lowest BCUT2D eigenvalue weighted by atomic mass is 10.1. The number of hydrogen-bond donors (Lipinski definition) is 0. The minimum atomic E-state index is 0.238. The van der Waals surface area contributed by atoms with E-state index in [2.05, 4.69) is 26.0 Å². The van der Waals surface area contributed by atoms with E-state index in [1.54, 1.807) is 4.90 Å². The normalized spacial score (nSPS) is 25.5. The molecule has 0 aromatic carbocycles. The molecular formula is C7H13IN2O. The molecule has 0 saturated carbocycles. The molecule has 1 fully saturated rings. The van der Waals surface area contributed by atoms with Crippen LogP contribution in [0.15, 0.2) is 0 Å². The van der Waals surface area contributed by atoms with Crippen molar-refractivity contribution in [3.63, 3.8) is 0 Å². The average molecular weight is 268 g/mol. The van der Waals surface area contributed by atoms with Gasteiger partial charge in [0.05, 0.1) is 5.92 Å². The molecule has 1 aliphatic rings. The zero-order valence-corrected chi connectivity index (χ0v) is 9.04. The maximum Gasteiger partial charge on any atom is 0.226 e. The number of rotatable bonds is 1. The second kappa shape index (κ2) is 3.71. The number of carbonyl (C=O) groups excluding carboxylic acids is 1. The highest BCUT2D eigenvalue weighted by Crippen LogP contribution is 2.20. The summed E-state index contributed by atoms with van der Waals surface area (Å²) in [5.41, 5.74) is 0. The van der Waals surface area contributed by atoms with Gasteiger partial charge in [0.2, 0.25) is 5.91 Å². The van der Waals surface area contributed by atoms with E-state index in [0.717, 1.165) is 19.5 Å². The van der Waals surface area contributed by atoms with Gasteiger partial charge in [-0.05, 0) is 6.42 Å². The van der Waals surface area contributed by atoms with Crippen molar-refractivity contribution in [2.75, 3.05) is 27.2 Å². The summed E-state index contributed by atoms with van der Waals surface area (Å²) in [5, 5.41) is 0. The molecule has 0 bridgehead atoms. The standard InChI is InChI=1S/C7H13IN2O/c1-9(2)7(11)6-3-4-10(8)5-6/h6H,3-5H2,1-2H3. The molecule has 0 aromatic heterocycles. The van der Waals surface area contributed by atoms with Crippen LogP contribution in [0, 0.1) is 5.92 Å². The van der Waals surface area contributed by atoms with Gasteiger partial charge >= 0.3 is 0 Å². The molecule has 0 aromatic rings. The van der Waals surface area contributed by atoms with Crippen LogP contribution in [0.3, 0.4) is 0 Å². The second-order valence-electron chi connectivity index (χ2n) is 3.09. The van der Waals surface area contributed by atoms with E-state index in [-0.39, 0.29) is 11.8 Å². The fourth-order valence-corrected chi connectivity index (χ4v) is 2.04. The predicted molar refractivity (Wildman–Crippen MR) is 52.4 cm³/mol. The van der Waals surface area contributed by atoms with Gasteiger partial charge < -0.3 is 4.90 Å². The maximum absolute atomic E-state index is 11.4. The van der Waals surface area contributed by atoms with Crippen molar-refractivity contribution >= 4 is 28.8 Å². The van der Waals surface area contributed by atoms with Crippen LogP contribution in [0.25, 0.3) is 0 Å². The number of amides is 1. The Labute approximate surface area is 81.2 Å². The molecule has 1 unspecified atom stereocenters. The fourth-order valence-electron chi connectivity index (χ4n) is 1.28. The van der Waals surface area contributed by atoms with Crippen molar-refractivity contribution in [3.05, 3.63) is 0 Å². The second-order valence-corrected chi connectivity index (χ2v) is 4.45. The molecule has 1 rings (SSSR count). The summed E-state index contributed by atoms with van der Waals surface area (Å²) in [5.74, 6) is 0.506. The van der Waals surface area contributed by atoms with Crippen LogP contribution in [0.4, 0.5) is 0 Å². The summed E-state index contributed by atoms with van der Waals surface area (Å²) in [7, 11) is 3.64. The SMILES string of the molecule is CN(C)C(=O)C1CCN(I)C1. The van der Waals surface area contributed by atoms with Gasteiger partial charge in [-0.2, -0.15) is 0 Å². The first-order valence-corrected chi connectivity index (χ1v) is 4.69. The first-order valence-electron chi connectivity index (χ1n) is 3.73. The third-order valence-corrected chi connectivity index (χ3v) is 2.81. The Morgan fingerprint density at radius 1 is 1.64 bits per heavy atom. The summed E-state index contributed by atoms with van der Waals surface area (Å²) in [6.45, 7) is 1.96. The van der Waals surface area contributed by atoms with Crippen LogP contribution in [0.1, 0.15) is 6.42 Å². The first-order chi connectivity index (χ1) is 5.11. The molecule has 1 atom stereocenters. The molecule has 1 heterocycles. The molecule has 1 amide bonds. The van der Waals surface area contributed by atoms with Crippen molar-refractivity contribution < 1.29 is 4.79 Å². The monoisotopic (exact) mass is 268 g/mol. The lowest BCUT2D eigenvalue weighted by Gasteiger charge is -2.14. The van der Waals surface area contributed by atoms with Crippen LogP contribution in [0.5, 0.6) is 0 Å². The van der Waals surface area contributed by atoms with Gasteiger partial charge in [0.1, 0.15) is 0 Å². The Morgan fingerprint density at radius 3 is 2.64 bits per heavy atom. The first kappa shape index (κ1) is 9.25. The van der Waals surface area contributed by atoms with Crippen LogP contribution in [-0.2, 0) is 4.79 Å². The van der Waals surface area contributed by atoms with Crippen molar-refractivity contribution in [2.24, 2.45) is 5.92 Å². The summed E-state index contributed by atoms with van der Waals surface area (Å²) in [6, 6.07) is 0. The molecule has 4 heteroatoms. The smallest absolute Gasteiger partial charge is 0.226 e. The highest BCUT2D eigenvalue weighted by molar-refractivity contribution is 14.1. The number of hydrogen-bond acceptors (Lipinski definition) is 2. The topological polar surface area (TPSA) is 23.6 Å². The summed E-state index contributed by atoms with van der Waals surface area (Å²) < 4.78 is 2.17. The summed E-state index contributed by atoms with van der Waals surface area (Å²) in [4.78, 5) is 13.1.